The van der Waals surface area contributed by atoms with E-state index in [-0.39, 0.29) is 12.2 Å². The van der Waals surface area contributed by atoms with Gasteiger partial charge >= 0.3 is 5.63 Å². The first-order chi connectivity index (χ1) is 17.1. The molecule has 4 rings (SSSR count). The summed E-state index contributed by atoms with van der Waals surface area (Å²) in [6.45, 7) is 7.27. The number of methoxy groups -OCH3 is 3. The predicted octanol–water partition coefficient (Wildman–Crippen LogP) is 4.56. The van der Waals surface area contributed by atoms with Crippen molar-refractivity contribution >= 4 is 22.6 Å². The van der Waals surface area contributed by atoms with Crippen molar-refractivity contribution in [1.29, 1.82) is 0 Å². The fourth-order valence-electron chi connectivity index (χ4n) is 4.34. The predicted molar refractivity (Wildman–Crippen MR) is 135 cm³/mol. The van der Waals surface area contributed by atoms with E-state index in [0.717, 1.165) is 17.5 Å². The molecule has 2 heterocycles. The highest BCUT2D eigenvalue weighted by molar-refractivity contribution is 5.94. The lowest BCUT2D eigenvalue weighted by Gasteiger charge is -2.33. The molecule has 1 aliphatic heterocycles. The van der Waals surface area contributed by atoms with Gasteiger partial charge in [0, 0.05) is 35.0 Å². The average Bonchev–Trinajstić information content (AvgIpc) is 2.84. The number of anilines is 1. The standard InChI is InChI=1S/C27H31NO8/c1-14-15(2)26(30)35-24-17-8-9-27(3,4)36-18(17)12-19(23(14)24)34-13-22(29)28-16-10-20(31-5)25(33-7)21(11-16)32-6/h10-12H,8-9,13H2,1-7H3,(H,28,29). The number of aryl methyl sites for hydroxylation is 2. The van der Waals surface area contributed by atoms with Crippen molar-refractivity contribution < 1.29 is 32.9 Å². The van der Waals surface area contributed by atoms with Gasteiger partial charge in [0.15, 0.2) is 18.1 Å². The van der Waals surface area contributed by atoms with Crippen molar-refractivity contribution in [2.75, 3.05) is 33.3 Å². The van der Waals surface area contributed by atoms with Gasteiger partial charge in [0.25, 0.3) is 5.91 Å². The molecular formula is C27H31NO8. The van der Waals surface area contributed by atoms with E-state index in [2.05, 4.69) is 5.32 Å². The third-order valence-corrected chi connectivity index (χ3v) is 6.42. The van der Waals surface area contributed by atoms with Gasteiger partial charge in [0.05, 0.1) is 26.7 Å². The lowest BCUT2D eigenvalue weighted by atomic mass is 9.92. The molecule has 0 unspecified atom stereocenters. The van der Waals surface area contributed by atoms with Crippen LogP contribution in [0.1, 0.15) is 37.0 Å². The Bertz CT molecular complexity index is 1360. The van der Waals surface area contributed by atoms with E-state index in [0.29, 0.717) is 57.4 Å². The molecule has 0 aliphatic carbocycles. The quantitative estimate of drug-likeness (QED) is 0.474. The number of rotatable bonds is 7. The van der Waals surface area contributed by atoms with Crippen LogP contribution in [0.3, 0.4) is 0 Å². The Kier molecular flexibility index (Phi) is 6.75. The molecule has 1 N–H and O–H groups in total. The summed E-state index contributed by atoms with van der Waals surface area (Å²) in [5, 5.41) is 3.45. The minimum Gasteiger partial charge on any atom is -0.493 e. The second-order valence-corrected chi connectivity index (χ2v) is 9.31. The molecule has 1 aliphatic rings. The lowest BCUT2D eigenvalue weighted by Crippen LogP contribution is -2.32. The Labute approximate surface area is 209 Å². The summed E-state index contributed by atoms with van der Waals surface area (Å²) in [7, 11) is 4.50. The van der Waals surface area contributed by atoms with Gasteiger partial charge < -0.3 is 33.4 Å². The summed E-state index contributed by atoms with van der Waals surface area (Å²) in [4.78, 5) is 25.3. The van der Waals surface area contributed by atoms with Crippen molar-refractivity contribution in [2.24, 2.45) is 0 Å². The Hall–Kier alpha value is -3.88. The molecule has 0 atom stereocenters. The van der Waals surface area contributed by atoms with Crippen LogP contribution in [-0.2, 0) is 11.2 Å². The highest BCUT2D eigenvalue weighted by Crippen LogP contribution is 2.43. The zero-order valence-electron chi connectivity index (χ0n) is 21.6. The van der Waals surface area contributed by atoms with Gasteiger partial charge in [-0.3, -0.25) is 4.79 Å². The van der Waals surface area contributed by atoms with Crippen LogP contribution < -0.4 is 34.6 Å². The topological polar surface area (TPSA) is 105 Å². The molecule has 0 saturated carbocycles. The maximum Gasteiger partial charge on any atom is 0.339 e. The van der Waals surface area contributed by atoms with Gasteiger partial charge in [-0.2, -0.15) is 0 Å². The first kappa shape index (κ1) is 25.2. The zero-order chi connectivity index (χ0) is 26.2. The number of nitrogens with one attached hydrogen (secondary N) is 1. The summed E-state index contributed by atoms with van der Waals surface area (Å²) in [6, 6.07) is 5.04. The number of carbonyl (C=O) groups excluding carboxylic acids is 1. The number of hydrogen-bond donors (Lipinski definition) is 1. The molecule has 192 valence electrons. The van der Waals surface area contributed by atoms with Gasteiger partial charge in [-0.25, -0.2) is 4.79 Å². The Morgan fingerprint density at radius 2 is 1.67 bits per heavy atom. The maximum atomic E-state index is 12.8. The molecule has 9 nitrogen and oxygen atoms in total. The SMILES string of the molecule is COc1cc(NC(=O)COc2cc3c(c4oc(=O)c(C)c(C)c24)CCC(C)(C)O3)cc(OC)c1OC. The van der Waals surface area contributed by atoms with Crippen molar-refractivity contribution in [3.8, 4) is 28.7 Å². The van der Waals surface area contributed by atoms with Crippen LogP contribution in [0.4, 0.5) is 5.69 Å². The summed E-state index contributed by atoms with van der Waals surface area (Å²) in [5.74, 6) is 1.84. The smallest absolute Gasteiger partial charge is 0.339 e. The molecule has 36 heavy (non-hydrogen) atoms. The van der Waals surface area contributed by atoms with Crippen LogP contribution in [0.5, 0.6) is 28.7 Å². The van der Waals surface area contributed by atoms with Crippen LogP contribution >= 0.6 is 0 Å². The van der Waals surface area contributed by atoms with E-state index in [1.165, 1.54) is 21.3 Å². The number of amides is 1. The Morgan fingerprint density at radius 1 is 1.00 bits per heavy atom. The molecule has 1 aromatic heterocycles. The van der Waals surface area contributed by atoms with E-state index < -0.39 is 11.5 Å². The number of benzene rings is 2. The largest absolute Gasteiger partial charge is 0.493 e. The number of ether oxygens (including phenoxy) is 5. The first-order valence-electron chi connectivity index (χ1n) is 11.6. The van der Waals surface area contributed by atoms with E-state index in [1.807, 2.05) is 20.8 Å². The van der Waals surface area contributed by atoms with E-state index in [9.17, 15) is 9.59 Å². The summed E-state index contributed by atoms with van der Waals surface area (Å²) in [5.41, 5.74) is 2.19. The van der Waals surface area contributed by atoms with Crippen LogP contribution in [0, 0.1) is 13.8 Å². The molecule has 9 heteroatoms. The molecule has 3 aromatic rings. The monoisotopic (exact) mass is 497 g/mol. The minimum absolute atomic E-state index is 0.286. The van der Waals surface area contributed by atoms with E-state index in [1.54, 1.807) is 25.1 Å². The molecular weight excluding hydrogens is 466 g/mol. The third-order valence-electron chi connectivity index (χ3n) is 6.42. The van der Waals surface area contributed by atoms with Crippen molar-refractivity contribution in [3.05, 3.63) is 45.3 Å². The second kappa shape index (κ2) is 9.64. The van der Waals surface area contributed by atoms with Crippen LogP contribution in [0.2, 0.25) is 0 Å². The maximum absolute atomic E-state index is 12.8. The fourth-order valence-corrected chi connectivity index (χ4v) is 4.34. The Balaban J connectivity index is 1.65. The highest BCUT2D eigenvalue weighted by Gasteiger charge is 2.31. The van der Waals surface area contributed by atoms with Crippen molar-refractivity contribution in [3.63, 3.8) is 0 Å². The van der Waals surface area contributed by atoms with Crippen molar-refractivity contribution in [1.82, 2.24) is 0 Å². The normalized spacial score (nSPS) is 14.0. The van der Waals surface area contributed by atoms with Crippen LogP contribution in [0.15, 0.2) is 27.4 Å². The third kappa shape index (κ3) is 4.65. The van der Waals surface area contributed by atoms with Crippen LogP contribution in [-0.4, -0.2) is 39.4 Å². The van der Waals surface area contributed by atoms with Gasteiger partial charge in [-0.1, -0.05) is 0 Å². The number of fused-ring (bicyclic) bond motifs is 3. The zero-order valence-corrected chi connectivity index (χ0v) is 21.6. The molecule has 0 saturated heterocycles. The fraction of sp³-hybridized carbons (Fsp3) is 0.407. The van der Waals surface area contributed by atoms with E-state index >= 15 is 0 Å². The van der Waals surface area contributed by atoms with Crippen molar-refractivity contribution in [2.45, 2.75) is 46.1 Å². The molecule has 0 bridgehead atoms. The second-order valence-electron chi connectivity index (χ2n) is 9.31. The minimum atomic E-state index is -0.400. The molecule has 0 spiro atoms. The van der Waals surface area contributed by atoms with Gasteiger partial charge in [-0.05, 0) is 46.1 Å². The highest BCUT2D eigenvalue weighted by atomic mass is 16.5. The number of hydrogen-bond acceptors (Lipinski definition) is 8. The summed E-state index contributed by atoms with van der Waals surface area (Å²) < 4.78 is 33.9. The van der Waals surface area contributed by atoms with Gasteiger partial charge in [0.2, 0.25) is 5.75 Å². The first-order valence-corrected chi connectivity index (χ1v) is 11.6. The van der Waals surface area contributed by atoms with Gasteiger partial charge in [-0.15, -0.1) is 0 Å². The molecule has 2 aromatic carbocycles. The average molecular weight is 498 g/mol. The lowest BCUT2D eigenvalue weighted by molar-refractivity contribution is -0.118. The molecule has 0 radical (unpaired) electrons. The number of carbonyl (C=O) groups is 1. The van der Waals surface area contributed by atoms with Gasteiger partial charge in [0.1, 0.15) is 22.7 Å². The summed E-state index contributed by atoms with van der Waals surface area (Å²) in [6.07, 6.45) is 1.48. The van der Waals surface area contributed by atoms with Crippen LogP contribution in [0.25, 0.3) is 11.0 Å². The van der Waals surface area contributed by atoms with E-state index in [4.69, 9.17) is 28.1 Å². The molecule has 1 amide bonds. The summed E-state index contributed by atoms with van der Waals surface area (Å²) >= 11 is 0. The molecule has 0 fully saturated rings. The Morgan fingerprint density at radius 3 is 2.28 bits per heavy atom.